The summed E-state index contributed by atoms with van der Waals surface area (Å²) < 4.78 is 1.93. The van der Waals surface area contributed by atoms with Crippen LogP contribution in [-0.2, 0) is 0 Å². The van der Waals surface area contributed by atoms with Gasteiger partial charge in [0.05, 0.1) is 28.5 Å². The highest BCUT2D eigenvalue weighted by Crippen LogP contribution is 2.29. The molecule has 1 aliphatic rings. The Labute approximate surface area is 119 Å². The number of nitriles is 1. The van der Waals surface area contributed by atoms with Gasteiger partial charge >= 0.3 is 0 Å². The molecule has 1 aliphatic carbocycles. The molecule has 1 aromatic heterocycles. The van der Waals surface area contributed by atoms with Gasteiger partial charge in [0.15, 0.2) is 0 Å². The summed E-state index contributed by atoms with van der Waals surface area (Å²) in [5.74, 6) is 0. The van der Waals surface area contributed by atoms with Crippen LogP contribution in [0.5, 0.6) is 0 Å². The molecule has 104 valence electrons. The van der Waals surface area contributed by atoms with E-state index in [0.717, 1.165) is 22.8 Å². The molecule has 4 nitrogen and oxygen atoms in total. The van der Waals surface area contributed by atoms with E-state index in [-0.39, 0.29) is 6.04 Å². The third kappa shape index (κ3) is 3.10. The summed E-state index contributed by atoms with van der Waals surface area (Å²) in [5, 5.41) is 18.0. The van der Waals surface area contributed by atoms with Gasteiger partial charge in [-0.2, -0.15) is 10.4 Å². The molecule has 1 heterocycles. The fourth-order valence-electron chi connectivity index (χ4n) is 2.56. The van der Waals surface area contributed by atoms with Crippen LogP contribution in [0.4, 0.5) is 0 Å². The van der Waals surface area contributed by atoms with E-state index in [9.17, 15) is 5.26 Å². The first-order chi connectivity index (χ1) is 8.86. The second kappa shape index (κ2) is 5.15. The molecule has 0 aliphatic heterocycles. The van der Waals surface area contributed by atoms with Crippen LogP contribution in [0.1, 0.15) is 50.5 Å². The summed E-state index contributed by atoms with van der Waals surface area (Å²) in [6.45, 7) is 7.93. The normalized spacial score (nSPS) is 19.8. The van der Waals surface area contributed by atoms with Crippen LogP contribution in [0, 0.1) is 25.2 Å². The molecule has 1 N–H and O–H groups in total. The van der Waals surface area contributed by atoms with Crippen molar-refractivity contribution in [3.63, 3.8) is 0 Å². The van der Waals surface area contributed by atoms with E-state index in [4.69, 9.17) is 11.6 Å². The number of hydrogen-bond acceptors (Lipinski definition) is 3. The molecular formula is C14H21ClN4. The largest absolute Gasteiger partial charge is 0.297 e. The van der Waals surface area contributed by atoms with Crippen molar-refractivity contribution < 1.29 is 0 Å². The molecule has 0 amide bonds. The van der Waals surface area contributed by atoms with E-state index in [1.165, 1.54) is 12.8 Å². The maximum atomic E-state index is 9.42. The highest BCUT2D eigenvalue weighted by Gasteiger charge is 2.34. The van der Waals surface area contributed by atoms with Gasteiger partial charge < -0.3 is 0 Å². The number of aromatic nitrogens is 2. The standard InChI is InChI=1S/C14H21ClN4/c1-9(19-11(3)13(15)10(2)18-19)7-14(4,8-16)17-12-5-6-12/h9,12,17H,5-7H2,1-4H3. The summed E-state index contributed by atoms with van der Waals surface area (Å²) in [4.78, 5) is 0. The number of nitrogens with zero attached hydrogens (tertiary/aromatic N) is 3. The Bertz CT molecular complexity index is 512. The van der Waals surface area contributed by atoms with Crippen LogP contribution in [0.15, 0.2) is 0 Å². The maximum absolute atomic E-state index is 9.42. The topological polar surface area (TPSA) is 53.6 Å². The van der Waals surface area contributed by atoms with Gasteiger partial charge in [0, 0.05) is 12.5 Å². The second-order valence-corrected chi connectivity index (χ2v) is 6.22. The van der Waals surface area contributed by atoms with Gasteiger partial charge in [-0.3, -0.25) is 10.00 Å². The summed E-state index contributed by atoms with van der Waals surface area (Å²) in [6.07, 6.45) is 3.08. The van der Waals surface area contributed by atoms with Gasteiger partial charge in [0.25, 0.3) is 0 Å². The molecule has 5 heteroatoms. The van der Waals surface area contributed by atoms with Crippen molar-refractivity contribution in [2.45, 2.75) is 64.6 Å². The molecule has 0 aromatic carbocycles. The van der Waals surface area contributed by atoms with E-state index in [2.05, 4.69) is 23.4 Å². The highest BCUT2D eigenvalue weighted by atomic mass is 35.5. The van der Waals surface area contributed by atoms with Crippen molar-refractivity contribution in [1.82, 2.24) is 15.1 Å². The zero-order chi connectivity index (χ0) is 14.2. The molecule has 2 atom stereocenters. The van der Waals surface area contributed by atoms with E-state index < -0.39 is 5.54 Å². The molecule has 2 rings (SSSR count). The first kappa shape index (κ1) is 14.4. The SMILES string of the molecule is Cc1nn(C(C)CC(C)(C#N)NC2CC2)c(C)c1Cl. The first-order valence-electron chi connectivity index (χ1n) is 6.76. The van der Waals surface area contributed by atoms with Crippen molar-refractivity contribution in [2.75, 3.05) is 0 Å². The van der Waals surface area contributed by atoms with Gasteiger partial charge in [-0.25, -0.2) is 0 Å². The van der Waals surface area contributed by atoms with Gasteiger partial charge in [0.2, 0.25) is 0 Å². The van der Waals surface area contributed by atoms with E-state index in [1.807, 2.05) is 25.5 Å². The van der Waals surface area contributed by atoms with Gasteiger partial charge in [0.1, 0.15) is 5.54 Å². The predicted octanol–water partition coefficient (Wildman–Crippen LogP) is 3.14. The molecular weight excluding hydrogens is 260 g/mol. The Hall–Kier alpha value is -1.05. The molecule has 1 aromatic rings. The summed E-state index contributed by atoms with van der Waals surface area (Å²) in [5.41, 5.74) is 1.32. The van der Waals surface area contributed by atoms with Crippen LogP contribution >= 0.6 is 11.6 Å². The number of aryl methyl sites for hydroxylation is 1. The fraction of sp³-hybridized carbons (Fsp3) is 0.714. The van der Waals surface area contributed by atoms with Crippen molar-refractivity contribution in [2.24, 2.45) is 0 Å². The third-order valence-corrected chi connectivity index (χ3v) is 4.25. The molecule has 0 saturated heterocycles. The lowest BCUT2D eigenvalue weighted by molar-refractivity contribution is 0.327. The molecule has 0 spiro atoms. The molecule has 1 saturated carbocycles. The Kier molecular flexibility index (Phi) is 3.89. The minimum Gasteiger partial charge on any atom is -0.297 e. The molecule has 19 heavy (non-hydrogen) atoms. The van der Waals surface area contributed by atoms with Crippen molar-refractivity contribution in [3.8, 4) is 6.07 Å². The Morgan fingerprint density at radius 1 is 1.58 bits per heavy atom. The monoisotopic (exact) mass is 280 g/mol. The zero-order valence-electron chi connectivity index (χ0n) is 12.0. The van der Waals surface area contributed by atoms with Crippen LogP contribution in [0.3, 0.4) is 0 Å². The van der Waals surface area contributed by atoms with Crippen molar-refractivity contribution in [1.29, 1.82) is 5.26 Å². The van der Waals surface area contributed by atoms with Crippen LogP contribution in [0.25, 0.3) is 0 Å². The van der Waals surface area contributed by atoms with Crippen LogP contribution in [-0.4, -0.2) is 21.4 Å². The summed E-state index contributed by atoms with van der Waals surface area (Å²) >= 11 is 6.18. The van der Waals surface area contributed by atoms with Crippen molar-refractivity contribution >= 4 is 11.6 Å². The number of hydrogen-bond donors (Lipinski definition) is 1. The lowest BCUT2D eigenvalue weighted by atomic mass is 9.95. The van der Waals surface area contributed by atoms with E-state index in [1.54, 1.807) is 0 Å². The van der Waals surface area contributed by atoms with Gasteiger partial charge in [-0.1, -0.05) is 11.6 Å². The summed E-state index contributed by atoms with van der Waals surface area (Å²) in [7, 11) is 0. The molecule has 0 radical (unpaired) electrons. The van der Waals surface area contributed by atoms with Crippen LogP contribution < -0.4 is 5.32 Å². The van der Waals surface area contributed by atoms with Gasteiger partial charge in [-0.05, 0) is 40.5 Å². The molecule has 1 fully saturated rings. The predicted molar refractivity (Wildman–Crippen MR) is 76.2 cm³/mol. The van der Waals surface area contributed by atoms with E-state index >= 15 is 0 Å². The Morgan fingerprint density at radius 2 is 2.21 bits per heavy atom. The van der Waals surface area contributed by atoms with E-state index in [0.29, 0.717) is 6.04 Å². The highest BCUT2D eigenvalue weighted by molar-refractivity contribution is 6.31. The lowest BCUT2D eigenvalue weighted by Gasteiger charge is -2.27. The summed E-state index contributed by atoms with van der Waals surface area (Å²) in [6, 6.07) is 3.06. The Balaban J connectivity index is 2.12. The average molecular weight is 281 g/mol. The first-order valence-corrected chi connectivity index (χ1v) is 7.14. The molecule has 2 unspecified atom stereocenters. The fourth-order valence-corrected chi connectivity index (χ4v) is 2.69. The molecule has 0 bridgehead atoms. The van der Waals surface area contributed by atoms with Gasteiger partial charge in [-0.15, -0.1) is 0 Å². The maximum Gasteiger partial charge on any atom is 0.106 e. The number of halogens is 1. The van der Waals surface area contributed by atoms with Crippen molar-refractivity contribution in [3.05, 3.63) is 16.4 Å². The minimum absolute atomic E-state index is 0.141. The second-order valence-electron chi connectivity index (χ2n) is 5.85. The number of rotatable bonds is 5. The number of nitrogens with one attached hydrogen (secondary N) is 1. The lowest BCUT2D eigenvalue weighted by Crippen LogP contribution is -2.44. The quantitative estimate of drug-likeness (QED) is 0.901. The van der Waals surface area contributed by atoms with Crippen LogP contribution in [0.2, 0.25) is 5.02 Å². The smallest absolute Gasteiger partial charge is 0.106 e. The Morgan fingerprint density at radius 3 is 2.63 bits per heavy atom. The average Bonchev–Trinajstić information content (AvgIpc) is 3.12. The minimum atomic E-state index is -0.501. The third-order valence-electron chi connectivity index (χ3n) is 3.70. The zero-order valence-corrected chi connectivity index (χ0v) is 12.8.